The molecule has 0 aliphatic rings. The summed E-state index contributed by atoms with van der Waals surface area (Å²) in [4.78, 5) is 14.2. The van der Waals surface area contributed by atoms with Gasteiger partial charge in [0.15, 0.2) is 11.3 Å². The van der Waals surface area contributed by atoms with Crippen LogP contribution in [0.4, 0.5) is 13.2 Å². The molecule has 0 saturated carbocycles. The van der Waals surface area contributed by atoms with E-state index >= 15 is 0 Å². The van der Waals surface area contributed by atoms with E-state index in [0.717, 1.165) is 23.7 Å². The Balaban J connectivity index is 2.35. The van der Waals surface area contributed by atoms with Crippen LogP contribution in [0.15, 0.2) is 17.8 Å². The first-order valence-corrected chi connectivity index (χ1v) is 4.91. The summed E-state index contributed by atoms with van der Waals surface area (Å²) in [6, 6.07) is 0. The van der Waals surface area contributed by atoms with E-state index < -0.39 is 6.30 Å². The fourth-order valence-corrected chi connectivity index (χ4v) is 1.70. The third kappa shape index (κ3) is 1.96. The SMILES string of the molecule is O=Cc1nc(-c2cnn(C(F)(F)F)c2)cs1. The molecule has 2 aromatic rings. The van der Waals surface area contributed by atoms with E-state index in [4.69, 9.17) is 0 Å². The number of nitrogens with zero attached hydrogens (tertiary/aromatic N) is 3. The van der Waals surface area contributed by atoms with Gasteiger partial charge in [-0.3, -0.25) is 4.79 Å². The molecule has 0 fully saturated rings. The van der Waals surface area contributed by atoms with Crippen LogP contribution in [0.1, 0.15) is 9.80 Å². The second-order valence-corrected chi connectivity index (χ2v) is 3.72. The lowest BCUT2D eigenvalue weighted by Gasteiger charge is -2.03. The van der Waals surface area contributed by atoms with Crippen LogP contribution < -0.4 is 0 Å². The number of rotatable bonds is 2. The summed E-state index contributed by atoms with van der Waals surface area (Å²) in [5, 5.41) is 4.89. The van der Waals surface area contributed by atoms with Crippen molar-refractivity contribution < 1.29 is 18.0 Å². The van der Waals surface area contributed by atoms with Gasteiger partial charge in [0.1, 0.15) is 0 Å². The zero-order valence-corrected chi connectivity index (χ0v) is 8.42. The molecule has 8 heteroatoms. The predicted octanol–water partition coefficient (Wildman–Crippen LogP) is 2.30. The summed E-state index contributed by atoms with van der Waals surface area (Å²) in [6.07, 6.45) is -2.12. The zero-order chi connectivity index (χ0) is 11.8. The van der Waals surface area contributed by atoms with Crippen LogP contribution in [0.5, 0.6) is 0 Å². The summed E-state index contributed by atoms with van der Waals surface area (Å²) < 4.78 is 36.5. The van der Waals surface area contributed by atoms with Gasteiger partial charge in [0, 0.05) is 17.1 Å². The normalized spacial score (nSPS) is 11.7. The van der Waals surface area contributed by atoms with Gasteiger partial charge < -0.3 is 0 Å². The average molecular weight is 247 g/mol. The van der Waals surface area contributed by atoms with E-state index in [1.165, 1.54) is 5.38 Å². The largest absolute Gasteiger partial charge is 0.504 e. The number of aromatic nitrogens is 3. The molecular weight excluding hydrogens is 243 g/mol. The highest BCUT2D eigenvalue weighted by atomic mass is 32.1. The molecule has 0 aromatic carbocycles. The molecule has 2 rings (SSSR count). The van der Waals surface area contributed by atoms with E-state index in [2.05, 4.69) is 10.1 Å². The number of hydrogen-bond acceptors (Lipinski definition) is 4. The molecule has 0 saturated heterocycles. The van der Waals surface area contributed by atoms with E-state index in [1.54, 1.807) is 0 Å². The molecule has 0 aliphatic heterocycles. The fraction of sp³-hybridized carbons (Fsp3) is 0.125. The average Bonchev–Trinajstić information content (AvgIpc) is 2.85. The monoisotopic (exact) mass is 247 g/mol. The Hall–Kier alpha value is -1.70. The van der Waals surface area contributed by atoms with E-state index in [9.17, 15) is 18.0 Å². The van der Waals surface area contributed by atoms with Crippen molar-refractivity contribution in [3.8, 4) is 11.3 Å². The van der Waals surface area contributed by atoms with Crippen molar-refractivity contribution in [1.82, 2.24) is 14.8 Å². The molecule has 0 radical (unpaired) electrons. The number of carbonyl (C=O) groups is 1. The Labute approximate surface area is 91.3 Å². The molecule has 2 aromatic heterocycles. The van der Waals surface area contributed by atoms with Crippen molar-refractivity contribution in [2.75, 3.05) is 0 Å². The minimum atomic E-state index is -4.54. The molecule has 84 valence electrons. The highest BCUT2D eigenvalue weighted by Crippen LogP contribution is 2.26. The standard InChI is InChI=1S/C8H4F3N3OS/c9-8(10,11)14-2-5(1-12-14)6-4-16-7(3-15)13-6/h1-4H. The molecule has 2 heterocycles. The van der Waals surface area contributed by atoms with Crippen molar-refractivity contribution in [2.24, 2.45) is 0 Å². The molecule has 0 spiro atoms. The minimum Gasteiger partial charge on any atom is -0.295 e. The molecule has 0 amide bonds. The summed E-state index contributed by atoms with van der Waals surface area (Å²) in [7, 11) is 0. The van der Waals surface area contributed by atoms with Crippen LogP contribution in [0, 0.1) is 0 Å². The molecule has 0 aliphatic carbocycles. The Morgan fingerprint density at radius 1 is 1.44 bits per heavy atom. The van der Waals surface area contributed by atoms with Crippen LogP contribution in [-0.2, 0) is 6.30 Å². The molecule has 0 bridgehead atoms. The number of thiazole rings is 1. The number of carbonyl (C=O) groups excluding carboxylic acids is 1. The van der Waals surface area contributed by atoms with Crippen LogP contribution in [0.2, 0.25) is 0 Å². The highest BCUT2D eigenvalue weighted by molar-refractivity contribution is 7.11. The van der Waals surface area contributed by atoms with Gasteiger partial charge in [-0.2, -0.15) is 9.78 Å². The third-order valence-electron chi connectivity index (χ3n) is 1.76. The van der Waals surface area contributed by atoms with Crippen molar-refractivity contribution in [1.29, 1.82) is 0 Å². The first kappa shape index (κ1) is 10.8. The van der Waals surface area contributed by atoms with Crippen molar-refractivity contribution >= 4 is 17.6 Å². The lowest BCUT2D eigenvalue weighted by molar-refractivity contribution is -0.212. The summed E-state index contributed by atoms with van der Waals surface area (Å²) in [5.41, 5.74) is 0.532. The van der Waals surface area contributed by atoms with E-state index in [-0.39, 0.29) is 15.3 Å². The lowest BCUT2D eigenvalue weighted by Crippen LogP contribution is -2.16. The maximum Gasteiger partial charge on any atom is 0.504 e. The Morgan fingerprint density at radius 2 is 2.19 bits per heavy atom. The van der Waals surface area contributed by atoms with Crippen LogP contribution in [-0.4, -0.2) is 21.1 Å². The smallest absolute Gasteiger partial charge is 0.295 e. The summed E-state index contributed by atoms with van der Waals surface area (Å²) in [6.45, 7) is 0. The number of alkyl halides is 3. The molecule has 0 N–H and O–H groups in total. The molecular formula is C8H4F3N3OS. The second-order valence-electron chi connectivity index (χ2n) is 2.83. The molecule has 16 heavy (non-hydrogen) atoms. The van der Waals surface area contributed by atoms with Crippen molar-refractivity contribution in [3.63, 3.8) is 0 Å². The first-order valence-electron chi connectivity index (χ1n) is 4.03. The summed E-state index contributed by atoms with van der Waals surface area (Å²) in [5.74, 6) is 0. The topological polar surface area (TPSA) is 47.8 Å². The van der Waals surface area contributed by atoms with Gasteiger partial charge >= 0.3 is 6.30 Å². The minimum absolute atomic E-state index is 0.109. The molecule has 0 atom stereocenters. The fourth-order valence-electron chi connectivity index (χ4n) is 1.07. The quantitative estimate of drug-likeness (QED) is 0.765. The van der Waals surface area contributed by atoms with Crippen LogP contribution >= 0.6 is 11.3 Å². The predicted molar refractivity (Wildman–Crippen MR) is 50.0 cm³/mol. The van der Waals surface area contributed by atoms with Crippen LogP contribution in [0.3, 0.4) is 0 Å². The Bertz CT molecular complexity index is 517. The van der Waals surface area contributed by atoms with Crippen molar-refractivity contribution in [3.05, 3.63) is 22.8 Å². The Morgan fingerprint density at radius 3 is 2.69 bits per heavy atom. The van der Waals surface area contributed by atoms with Gasteiger partial charge in [0.25, 0.3) is 0 Å². The Kier molecular flexibility index (Phi) is 2.50. The van der Waals surface area contributed by atoms with Gasteiger partial charge in [-0.05, 0) is 0 Å². The number of hydrogen-bond donors (Lipinski definition) is 0. The lowest BCUT2D eigenvalue weighted by atomic mass is 10.3. The van der Waals surface area contributed by atoms with Crippen molar-refractivity contribution in [2.45, 2.75) is 6.30 Å². The molecule has 0 unspecified atom stereocenters. The second kappa shape index (κ2) is 3.71. The third-order valence-corrected chi connectivity index (χ3v) is 2.53. The zero-order valence-electron chi connectivity index (χ0n) is 7.60. The summed E-state index contributed by atoms with van der Waals surface area (Å²) >= 11 is 1.06. The van der Waals surface area contributed by atoms with Gasteiger partial charge in [-0.25, -0.2) is 4.98 Å². The maximum atomic E-state index is 12.2. The van der Waals surface area contributed by atoms with E-state index in [1.807, 2.05) is 0 Å². The highest BCUT2D eigenvalue weighted by Gasteiger charge is 2.31. The van der Waals surface area contributed by atoms with Crippen LogP contribution in [0.25, 0.3) is 11.3 Å². The van der Waals surface area contributed by atoms with Gasteiger partial charge in [-0.15, -0.1) is 24.5 Å². The van der Waals surface area contributed by atoms with E-state index in [0.29, 0.717) is 12.0 Å². The van der Waals surface area contributed by atoms with Gasteiger partial charge in [-0.1, -0.05) is 0 Å². The maximum absolute atomic E-state index is 12.2. The number of halogens is 3. The number of aldehydes is 1. The van der Waals surface area contributed by atoms with Gasteiger partial charge in [0.05, 0.1) is 11.9 Å². The first-order chi connectivity index (χ1) is 7.50. The molecule has 4 nitrogen and oxygen atoms in total. The van der Waals surface area contributed by atoms with Gasteiger partial charge in [0.2, 0.25) is 0 Å².